The van der Waals surface area contributed by atoms with Gasteiger partial charge in [-0.25, -0.2) is 4.63 Å². The molecule has 0 radical (unpaired) electrons. The number of nitrogens with zero attached hydrogens (tertiary/aromatic N) is 3. The first-order chi connectivity index (χ1) is 9.29. The van der Waals surface area contributed by atoms with Crippen LogP contribution in [-0.2, 0) is 6.54 Å². The molecule has 0 aliphatic rings. The zero-order chi connectivity index (χ0) is 13.2. The van der Waals surface area contributed by atoms with E-state index in [9.17, 15) is 0 Å². The van der Waals surface area contributed by atoms with Gasteiger partial charge in [-0.15, -0.1) is 0 Å². The van der Waals surface area contributed by atoms with Crippen molar-refractivity contribution in [1.29, 1.82) is 0 Å². The van der Waals surface area contributed by atoms with Crippen LogP contribution in [0.5, 0.6) is 5.75 Å². The van der Waals surface area contributed by atoms with Crippen LogP contribution in [0.3, 0.4) is 0 Å². The highest BCUT2D eigenvalue weighted by molar-refractivity contribution is 5.86. The summed E-state index contributed by atoms with van der Waals surface area (Å²) in [4.78, 5) is 0. The van der Waals surface area contributed by atoms with Crippen LogP contribution in [0.4, 0.5) is 0 Å². The summed E-state index contributed by atoms with van der Waals surface area (Å²) in [6.45, 7) is 5.19. The van der Waals surface area contributed by atoms with E-state index in [4.69, 9.17) is 9.37 Å². The monoisotopic (exact) mass is 257 g/mol. The van der Waals surface area contributed by atoms with Crippen molar-refractivity contribution in [2.75, 3.05) is 6.61 Å². The lowest BCUT2D eigenvalue weighted by Crippen LogP contribution is -2.00. The van der Waals surface area contributed by atoms with Crippen molar-refractivity contribution in [1.82, 2.24) is 14.9 Å². The third-order valence-corrected chi connectivity index (χ3v) is 3.14. The first-order valence-electron chi connectivity index (χ1n) is 6.28. The van der Waals surface area contributed by atoms with E-state index in [0.717, 1.165) is 28.0 Å². The molecule has 98 valence electrons. The van der Waals surface area contributed by atoms with Crippen molar-refractivity contribution >= 4 is 10.9 Å². The van der Waals surface area contributed by atoms with Crippen molar-refractivity contribution in [3.8, 4) is 5.75 Å². The lowest BCUT2D eigenvalue weighted by atomic mass is 10.2. The van der Waals surface area contributed by atoms with E-state index < -0.39 is 0 Å². The van der Waals surface area contributed by atoms with Crippen molar-refractivity contribution in [3.63, 3.8) is 0 Å². The van der Waals surface area contributed by atoms with Crippen LogP contribution in [0.2, 0.25) is 0 Å². The number of rotatable bonds is 4. The van der Waals surface area contributed by atoms with Gasteiger partial charge < -0.3 is 9.30 Å². The molecule has 0 aliphatic heterocycles. The van der Waals surface area contributed by atoms with Crippen LogP contribution in [0, 0.1) is 6.92 Å². The number of aryl methyl sites for hydroxylation is 1. The van der Waals surface area contributed by atoms with Crippen LogP contribution in [-0.4, -0.2) is 21.5 Å². The Morgan fingerprint density at radius 2 is 2.16 bits per heavy atom. The number of hydrogen-bond donors (Lipinski definition) is 0. The second kappa shape index (κ2) is 4.76. The zero-order valence-electron chi connectivity index (χ0n) is 11.0. The van der Waals surface area contributed by atoms with E-state index in [-0.39, 0.29) is 0 Å². The molecule has 2 aromatic heterocycles. The van der Waals surface area contributed by atoms with Gasteiger partial charge in [-0.1, -0.05) is 16.4 Å². The van der Waals surface area contributed by atoms with Gasteiger partial charge in [0.1, 0.15) is 17.1 Å². The highest BCUT2D eigenvalue weighted by Crippen LogP contribution is 2.27. The Morgan fingerprint density at radius 3 is 2.89 bits per heavy atom. The molecular weight excluding hydrogens is 242 g/mol. The SMILES string of the molecule is CCOc1cccc2c1ccn2Cc1nonc1C. The third kappa shape index (κ3) is 2.07. The van der Waals surface area contributed by atoms with Crippen LogP contribution < -0.4 is 4.74 Å². The summed E-state index contributed by atoms with van der Waals surface area (Å²) in [6, 6.07) is 8.11. The molecule has 19 heavy (non-hydrogen) atoms. The van der Waals surface area contributed by atoms with Gasteiger partial charge in [-0.2, -0.15) is 0 Å². The second-order valence-electron chi connectivity index (χ2n) is 4.36. The Labute approximate surface area is 110 Å². The maximum atomic E-state index is 5.63. The summed E-state index contributed by atoms with van der Waals surface area (Å²) in [5.74, 6) is 0.911. The maximum absolute atomic E-state index is 5.63. The molecule has 0 N–H and O–H groups in total. The minimum atomic E-state index is 0.647. The molecule has 5 heteroatoms. The lowest BCUT2D eigenvalue weighted by molar-refractivity contribution is 0.300. The van der Waals surface area contributed by atoms with E-state index in [0.29, 0.717) is 13.2 Å². The summed E-state index contributed by atoms with van der Waals surface area (Å²) >= 11 is 0. The molecular formula is C14H15N3O2. The molecule has 0 spiro atoms. The van der Waals surface area contributed by atoms with Gasteiger partial charge in [0.2, 0.25) is 0 Å². The molecule has 0 fully saturated rings. The van der Waals surface area contributed by atoms with Crippen molar-refractivity contribution < 1.29 is 9.37 Å². The molecule has 0 unspecified atom stereocenters. The Bertz CT molecular complexity index is 700. The number of ether oxygens (including phenoxy) is 1. The molecule has 0 aliphatic carbocycles. The van der Waals surface area contributed by atoms with Crippen LogP contribution in [0.15, 0.2) is 35.1 Å². The van der Waals surface area contributed by atoms with Crippen LogP contribution in [0.25, 0.3) is 10.9 Å². The fourth-order valence-corrected chi connectivity index (χ4v) is 2.17. The van der Waals surface area contributed by atoms with Gasteiger partial charge >= 0.3 is 0 Å². The Kier molecular flexibility index (Phi) is 2.95. The average Bonchev–Trinajstić information content (AvgIpc) is 2.99. The Morgan fingerprint density at radius 1 is 1.26 bits per heavy atom. The number of fused-ring (bicyclic) bond motifs is 1. The standard InChI is InChI=1S/C14H15N3O2/c1-3-18-14-6-4-5-13-11(14)7-8-17(13)9-12-10(2)15-19-16-12/h4-8H,3,9H2,1-2H3. The lowest BCUT2D eigenvalue weighted by Gasteiger charge is -2.06. The minimum absolute atomic E-state index is 0.647. The van der Waals surface area contributed by atoms with E-state index in [1.807, 2.05) is 32.2 Å². The Balaban J connectivity index is 2.01. The van der Waals surface area contributed by atoms with E-state index in [1.54, 1.807) is 0 Å². The Hall–Kier alpha value is -2.30. The summed E-state index contributed by atoms with van der Waals surface area (Å²) in [6.07, 6.45) is 2.03. The molecule has 3 rings (SSSR count). The van der Waals surface area contributed by atoms with Gasteiger partial charge in [-0.05, 0) is 32.0 Å². The fraction of sp³-hybridized carbons (Fsp3) is 0.286. The smallest absolute Gasteiger partial charge is 0.128 e. The van der Waals surface area contributed by atoms with Gasteiger partial charge in [0.05, 0.1) is 18.7 Å². The maximum Gasteiger partial charge on any atom is 0.128 e. The van der Waals surface area contributed by atoms with Crippen molar-refractivity contribution in [3.05, 3.63) is 41.9 Å². The highest BCUT2D eigenvalue weighted by atomic mass is 16.6. The molecule has 0 saturated carbocycles. The molecule has 0 saturated heterocycles. The molecule has 1 aromatic carbocycles. The van der Waals surface area contributed by atoms with Gasteiger partial charge in [-0.3, -0.25) is 0 Å². The van der Waals surface area contributed by atoms with Crippen molar-refractivity contribution in [2.24, 2.45) is 0 Å². The molecule has 0 atom stereocenters. The van der Waals surface area contributed by atoms with Gasteiger partial charge in [0.15, 0.2) is 0 Å². The number of benzene rings is 1. The molecule has 0 bridgehead atoms. The van der Waals surface area contributed by atoms with E-state index >= 15 is 0 Å². The van der Waals surface area contributed by atoms with Crippen LogP contribution in [0.1, 0.15) is 18.3 Å². The van der Waals surface area contributed by atoms with E-state index in [1.165, 1.54) is 0 Å². The molecule has 5 nitrogen and oxygen atoms in total. The predicted octanol–water partition coefficient (Wildman–Crippen LogP) is 2.78. The van der Waals surface area contributed by atoms with Gasteiger partial charge in [0.25, 0.3) is 0 Å². The molecule has 2 heterocycles. The topological polar surface area (TPSA) is 53.1 Å². The average molecular weight is 257 g/mol. The highest BCUT2D eigenvalue weighted by Gasteiger charge is 2.10. The number of aromatic nitrogens is 3. The summed E-state index contributed by atoms with van der Waals surface area (Å²) in [5, 5.41) is 8.83. The minimum Gasteiger partial charge on any atom is -0.493 e. The first kappa shape index (κ1) is 11.8. The predicted molar refractivity (Wildman–Crippen MR) is 71.2 cm³/mol. The first-order valence-corrected chi connectivity index (χ1v) is 6.28. The second-order valence-corrected chi connectivity index (χ2v) is 4.36. The fourth-order valence-electron chi connectivity index (χ4n) is 2.17. The summed E-state index contributed by atoms with van der Waals surface area (Å²) in [7, 11) is 0. The van der Waals surface area contributed by atoms with Gasteiger partial charge in [0, 0.05) is 11.6 Å². The zero-order valence-corrected chi connectivity index (χ0v) is 11.0. The summed E-state index contributed by atoms with van der Waals surface area (Å²) in [5.41, 5.74) is 2.79. The number of hydrogen-bond acceptors (Lipinski definition) is 4. The largest absolute Gasteiger partial charge is 0.493 e. The van der Waals surface area contributed by atoms with Crippen LogP contribution >= 0.6 is 0 Å². The third-order valence-electron chi connectivity index (χ3n) is 3.14. The molecule has 0 amide bonds. The van der Waals surface area contributed by atoms with E-state index in [2.05, 4.69) is 27.0 Å². The quantitative estimate of drug-likeness (QED) is 0.721. The molecule has 3 aromatic rings. The summed E-state index contributed by atoms with van der Waals surface area (Å²) < 4.78 is 12.5. The van der Waals surface area contributed by atoms with Crippen molar-refractivity contribution in [2.45, 2.75) is 20.4 Å². The normalized spacial score (nSPS) is 11.1.